The predicted molar refractivity (Wildman–Crippen MR) is 106 cm³/mol. The van der Waals surface area contributed by atoms with E-state index in [1.54, 1.807) is 18.3 Å². The SMILES string of the molecule is CN(C)c1ncccc1CNC(=O)c1cccc(S(=O)(=O)N2CCOCC2)c1. The minimum atomic E-state index is -3.65. The number of benzene rings is 1. The first-order chi connectivity index (χ1) is 13.4. The lowest BCUT2D eigenvalue weighted by Gasteiger charge is -2.26. The fraction of sp³-hybridized carbons (Fsp3) is 0.368. The lowest BCUT2D eigenvalue weighted by atomic mass is 10.2. The summed E-state index contributed by atoms with van der Waals surface area (Å²) in [6.07, 6.45) is 1.70. The zero-order chi connectivity index (χ0) is 20.1. The number of pyridine rings is 1. The van der Waals surface area contributed by atoms with Gasteiger partial charge in [-0.05, 0) is 24.3 Å². The first kappa shape index (κ1) is 20.2. The molecule has 2 aromatic rings. The van der Waals surface area contributed by atoms with Crippen LogP contribution in [-0.4, -0.2) is 64.0 Å². The van der Waals surface area contributed by atoms with Crippen LogP contribution in [0.15, 0.2) is 47.5 Å². The molecule has 0 radical (unpaired) electrons. The Balaban J connectivity index is 1.74. The second-order valence-electron chi connectivity index (χ2n) is 6.61. The van der Waals surface area contributed by atoms with Crippen molar-refractivity contribution in [3.05, 3.63) is 53.7 Å². The Kier molecular flexibility index (Phi) is 6.28. The van der Waals surface area contributed by atoms with Gasteiger partial charge in [-0.25, -0.2) is 13.4 Å². The second-order valence-corrected chi connectivity index (χ2v) is 8.55. The number of amides is 1. The van der Waals surface area contributed by atoms with Crippen molar-refractivity contribution in [2.24, 2.45) is 0 Å². The largest absolute Gasteiger partial charge is 0.379 e. The maximum absolute atomic E-state index is 12.8. The Morgan fingerprint density at radius 3 is 2.68 bits per heavy atom. The van der Waals surface area contributed by atoms with Gasteiger partial charge in [0.15, 0.2) is 0 Å². The molecule has 0 spiro atoms. The van der Waals surface area contributed by atoms with Crippen LogP contribution in [0.4, 0.5) is 5.82 Å². The molecule has 0 unspecified atom stereocenters. The highest BCUT2D eigenvalue weighted by atomic mass is 32.2. The third kappa shape index (κ3) is 4.49. The Hall–Kier alpha value is -2.49. The van der Waals surface area contributed by atoms with Crippen LogP contribution in [0.25, 0.3) is 0 Å². The first-order valence-electron chi connectivity index (χ1n) is 8.97. The van der Waals surface area contributed by atoms with Crippen molar-refractivity contribution in [1.29, 1.82) is 0 Å². The molecule has 2 heterocycles. The van der Waals surface area contributed by atoms with E-state index < -0.39 is 10.0 Å². The summed E-state index contributed by atoms with van der Waals surface area (Å²) in [5, 5.41) is 2.83. The molecule has 0 bridgehead atoms. The lowest BCUT2D eigenvalue weighted by Crippen LogP contribution is -2.40. The molecule has 1 aliphatic rings. The first-order valence-corrected chi connectivity index (χ1v) is 10.4. The van der Waals surface area contributed by atoms with E-state index in [0.717, 1.165) is 11.4 Å². The Morgan fingerprint density at radius 1 is 1.21 bits per heavy atom. The predicted octanol–water partition coefficient (Wildman–Crippen LogP) is 1.10. The molecule has 1 aliphatic heterocycles. The molecule has 28 heavy (non-hydrogen) atoms. The maximum atomic E-state index is 12.8. The molecule has 9 heteroatoms. The van der Waals surface area contributed by atoms with Gasteiger partial charge in [0.25, 0.3) is 5.91 Å². The fourth-order valence-corrected chi connectivity index (χ4v) is 4.44. The maximum Gasteiger partial charge on any atom is 0.251 e. The third-order valence-corrected chi connectivity index (χ3v) is 6.33. The average Bonchev–Trinajstić information content (AvgIpc) is 2.73. The standard InChI is InChI=1S/C19H24N4O4S/c1-22(2)18-16(6-4-8-20-18)14-21-19(24)15-5-3-7-17(13-15)28(25,26)23-9-11-27-12-10-23/h3-8,13H,9-12,14H2,1-2H3,(H,21,24). The van der Waals surface area contributed by atoms with E-state index in [2.05, 4.69) is 10.3 Å². The van der Waals surface area contributed by atoms with Crippen molar-refractivity contribution in [2.45, 2.75) is 11.4 Å². The van der Waals surface area contributed by atoms with Crippen LogP contribution in [-0.2, 0) is 21.3 Å². The van der Waals surface area contributed by atoms with E-state index in [-0.39, 0.29) is 10.8 Å². The zero-order valence-corrected chi connectivity index (χ0v) is 16.8. The van der Waals surface area contributed by atoms with Gasteiger partial charge in [0.2, 0.25) is 10.0 Å². The lowest BCUT2D eigenvalue weighted by molar-refractivity contribution is 0.0730. The van der Waals surface area contributed by atoms with E-state index in [4.69, 9.17) is 4.74 Å². The summed E-state index contributed by atoms with van der Waals surface area (Å²) in [6.45, 7) is 1.66. The number of nitrogens with one attached hydrogen (secondary N) is 1. The van der Waals surface area contributed by atoms with E-state index in [0.29, 0.717) is 38.4 Å². The molecule has 8 nitrogen and oxygen atoms in total. The smallest absolute Gasteiger partial charge is 0.251 e. The van der Waals surface area contributed by atoms with Crippen LogP contribution in [0, 0.1) is 0 Å². The van der Waals surface area contributed by atoms with E-state index in [9.17, 15) is 13.2 Å². The summed E-state index contributed by atoms with van der Waals surface area (Å²) >= 11 is 0. The van der Waals surface area contributed by atoms with Crippen molar-refractivity contribution >= 4 is 21.7 Å². The summed E-state index contributed by atoms with van der Waals surface area (Å²) in [6, 6.07) is 9.80. The molecule has 0 aliphatic carbocycles. The number of nitrogens with zero attached hydrogens (tertiary/aromatic N) is 3. The topological polar surface area (TPSA) is 91.8 Å². The average molecular weight is 404 g/mol. The minimum absolute atomic E-state index is 0.109. The summed E-state index contributed by atoms with van der Waals surface area (Å²) in [5.74, 6) is 0.430. The number of anilines is 1. The number of aromatic nitrogens is 1. The van der Waals surface area contributed by atoms with Gasteiger partial charge in [0.05, 0.1) is 18.1 Å². The molecule has 1 aromatic carbocycles. The Bertz CT molecular complexity index is 940. The minimum Gasteiger partial charge on any atom is -0.379 e. The molecular weight excluding hydrogens is 380 g/mol. The van der Waals surface area contributed by atoms with Gasteiger partial charge in [-0.15, -0.1) is 0 Å². The van der Waals surface area contributed by atoms with Crippen molar-refractivity contribution in [2.75, 3.05) is 45.3 Å². The molecule has 3 rings (SSSR count). The van der Waals surface area contributed by atoms with Crippen LogP contribution in [0.5, 0.6) is 0 Å². The molecule has 1 fully saturated rings. The van der Waals surface area contributed by atoms with Gasteiger partial charge in [0.1, 0.15) is 5.82 Å². The number of ether oxygens (including phenoxy) is 1. The summed E-state index contributed by atoms with van der Waals surface area (Å²) in [5.41, 5.74) is 1.17. The molecular formula is C19H24N4O4S. The molecule has 150 valence electrons. The second kappa shape index (κ2) is 8.68. The van der Waals surface area contributed by atoms with Crippen LogP contribution < -0.4 is 10.2 Å². The number of morpholine rings is 1. The Morgan fingerprint density at radius 2 is 1.96 bits per heavy atom. The molecule has 1 aromatic heterocycles. The van der Waals surface area contributed by atoms with Gasteiger partial charge in [-0.1, -0.05) is 12.1 Å². The van der Waals surface area contributed by atoms with Gasteiger partial charge in [0, 0.05) is 51.1 Å². The van der Waals surface area contributed by atoms with Gasteiger partial charge < -0.3 is 15.0 Å². The number of hydrogen-bond acceptors (Lipinski definition) is 6. The number of sulfonamides is 1. The highest BCUT2D eigenvalue weighted by molar-refractivity contribution is 7.89. The number of rotatable bonds is 6. The number of hydrogen-bond donors (Lipinski definition) is 1. The zero-order valence-electron chi connectivity index (χ0n) is 16.0. The highest BCUT2D eigenvalue weighted by Gasteiger charge is 2.26. The summed E-state index contributed by atoms with van der Waals surface area (Å²) < 4.78 is 32.2. The van der Waals surface area contributed by atoms with E-state index in [1.165, 1.54) is 16.4 Å². The summed E-state index contributed by atoms with van der Waals surface area (Å²) in [7, 11) is 0.119. The van der Waals surface area contributed by atoms with Crippen LogP contribution >= 0.6 is 0 Å². The van der Waals surface area contributed by atoms with E-state index >= 15 is 0 Å². The van der Waals surface area contributed by atoms with Crippen LogP contribution in [0.1, 0.15) is 15.9 Å². The highest BCUT2D eigenvalue weighted by Crippen LogP contribution is 2.19. The van der Waals surface area contributed by atoms with Crippen molar-refractivity contribution in [1.82, 2.24) is 14.6 Å². The summed E-state index contributed by atoms with van der Waals surface area (Å²) in [4.78, 5) is 18.9. The number of carbonyl (C=O) groups excluding carboxylic acids is 1. The molecule has 0 saturated carbocycles. The molecule has 0 atom stereocenters. The Labute approximate surface area is 165 Å². The van der Waals surface area contributed by atoms with Crippen molar-refractivity contribution < 1.29 is 17.9 Å². The normalized spacial score (nSPS) is 15.2. The van der Waals surface area contributed by atoms with Crippen molar-refractivity contribution in [3.8, 4) is 0 Å². The van der Waals surface area contributed by atoms with Crippen LogP contribution in [0.2, 0.25) is 0 Å². The fourth-order valence-electron chi connectivity index (χ4n) is 2.98. The molecule has 1 N–H and O–H groups in total. The molecule has 1 saturated heterocycles. The molecule has 1 amide bonds. The van der Waals surface area contributed by atoms with E-state index in [1.807, 2.05) is 31.1 Å². The van der Waals surface area contributed by atoms with Crippen LogP contribution in [0.3, 0.4) is 0 Å². The van der Waals surface area contributed by atoms with Gasteiger partial charge in [-0.2, -0.15) is 4.31 Å². The van der Waals surface area contributed by atoms with Gasteiger partial charge >= 0.3 is 0 Å². The quantitative estimate of drug-likeness (QED) is 0.775. The number of carbonyl (C=O) groups is 1. The third-order valence-electron chi connectivity index (χ3n) is 4.43. The monoisotopic (exact) mass is 404 g/mol. The van der Waals surface area contributed by atoms with Crippen molar-refractivity contribution in [3.63, 3.8) is 0 Å². The van der Waals surface area contributed by atoms with Gasteiger partial charge in [-0.3, -0.25) is 4.79 Å².